The third-order valence-electron chi connectivity index (χ3n) is 1.70. The van der Waals surface area contributed by atoms with Gasteiger partial charge in [-0.05, 0) is 0 Å². The lowest BCUT2D eigenvalue weighted by Crippen LogP contribution is -2.07. The Kier molecular flexibility index (Phi) is 3.79. The van der Waals surface area contributed by atoms with E-state index in [9.17, 15) is 22.0 Å². The van der Waals surface area contributed by atoms with Crippen molar-refractivity contribution in [3.8, 4) is 12.1 Å². The van der Waals surface area contributed by atoms with Crippen LogP contribution >= 0.6 is 0 Å². The number of nitrogens with one attached hydrogen (secondary N) is 1. The summed E-state index contributed by atoms with van der Waals surface area (Å²) in [7, 11) is 0. The lowest BCUT2D eigenvalue weighted by atomic mass is 10.2. The third-order valence-corrected chi connectivity index (χ3v) is 1.70. The van der Waals surface area contributed by atoms with Crippen molar-refractivity contribution in [1.29, 1.82) is 10.5 Å². The molecule has 0 aliphatic rings. The fourth-order valence-corrected chi connectivity index (χ4v) is 0.890. The molecule has 0 heterocycles. The fourth-order valence-electron chi connectivity index (χ4n) is 0.890. The molecule has 1 aromatic carbocycles. The maximum atomic E-state index is 13.0. The second kappa shape index (κ2) is 5.10. The van der Waals surface area contributed by atoms with E-state index < -0.39 is 40.5 Å². The summed E-state index contributed by atoms with van der Waals surface area (Å²) in [4.78, 5) is 0. The van der Waals surface area contributed by atoms with Gasteiger partial charge in [0, 0.05) is 0 Å². The van der Waals surface area contributed by atoms with Crippen LogP contribution in [-0.2, 0) is 0 Å². The van der Waals surface area contributed by atoms with E-state index in [0.29, 0.717) is 0 Å². The topological polar surface area (TPSA) is 72.0 Å². The first-order valence-electron chi connectivity index (χ1n) is 4.09. The van der Waals surface area contributed by atoms with Gasteiger partial charge in [-0.1, -0.05) is 0 Å². The highest BCUT2D eigenvalue weighted by atomic mass is 19.2. The van der Waals surface area contributed by atoms with Crippen molar-refractivity contribution < 1.29 is 22.0 Å². The van der Waals surface area contributed by atoms with Crippen molar-refractivity contribution in [2.45, 2.75) is 0 Å². The first-order valence-corrected chi connectivity index (χ1v) is 4.09. The summed E-state index contributed by atoms with van der Waals surface area (Å²) in [6, 6.07) is 2.44. The summed E-state index contributed by atoms with van der Waals surface area (Å²) in [5, 5.41) is 19.4. The van der Waals surface area contributed by atoms with Crippen LogP contribution in [0.2, 0.25) is 0 Å². The molecule has 0 bridgehead atoms. The van der Waals surface area contributed by atoms with Crippen LogP contribution in [0.5, 0.6) is 0 Å². The van der Waals surface area contributed by atoms with E-state index >= 15 is 0 Å². The molecular weight excluding hydrogens is 259 g/mol. The standard InChI is InChI=1S/C9HF5N4/c10-4-5(11)7(13)9(8(14)6(4)12)18-17-3(1-15)2-16/h18H. The number of rotatable bonds is 2. The Hall–Kier alpha value is -2.68. The number of hydrazone groups is 1. The van der Waals surface area contributed by atoms with Crippen LogP contribution in [0.25, 0.3) is 0 Å². The van der Waals surface area contributed by atoms with Crippen LogP contribution < -0.4 is 5.43 Å². The van der Waals surface area contributed by atoms with Gasteiger partial charge in [0.05, 0.1) is 0 Å². The van der Waals surface area contributed by atoms with Crippen molar-refractivity contribution in [2.24, 2.45) is 5.10 Å². The Morgan fingerprint density at radius 2 is 1.22 bits per heavy atom. The predicted octanol–water partition coefficient (Wildman–Crippen LogP) is 2.20. The van der Waals surface area contributed by atoms with Gasteiger partial charge in [-0.3, -0.25) is 5.43 Å². The molecule has 0 amide bonds. The van der Waals surface area contributed by atoms with Gasteiger partial charge < -0.3 is 0 Å². The van der Waals surface area contributed by atoms with Gasteiger partial charge in [0.1, 0.15) is 17.8 Å². The van der Waals surface area contributed by atoms with Crippen LogP contribution in [0, 0.1) is 51.7 Å². The minimum absolute atomic E-state index is 0.848. The molecule has 0 saturated heterocycles. The second-order valence-corrected chi connectivity index (χ2v) is 2.74. The molecule has 18 heavy (non-hydrogen) atoms. The number of anilines is 1. The molecule has 0 saturated carbocycles. The molecule has 0 aromatic heterocycles. The van der Waals surface area contributed by atoms with E-state index in [4.69, 9.17) is 10.5 Å². The molecule has 0 fully saturated rings. The molecule has 1 rings (SSSR count). The molecule has 1 N–H and O–H groups in total. The number of nitriles is 2. The average Bonchev–Trinajstić information content (AvgIpc) is 2.38. The van der Waals surface area contributed by atoms with Gasteiger partial charge in [0.2, 0.25) is 11.5 Å². The van der Waals surface area contributed by atoms with Gasteiger partial charge in [-0.2, -0.15) is 15.6 Å². The second-order valence-electron chi connectivity index (χ2n) is 2.74. The van der Waals surface area contributed by atoms with Crippen molar-refractivity contribution in [2.75, 3.05) is 5.43 Å². The van der Waals surface area contributed by atoms with Gasteiger partial charge in [-0.25, -0.2) is 22.0 Å². The molecule has 4 nitrogen and oxygen atoms in total. The minimum atomic E-state index is -2.32. The van der Waals surface area contributed by atoms with E-state index in [1.807, 2.05) is 0 Å². The Morgan fingerprint density at radius 3 is 1.61 bits per heavy atom. The lowest BCUT2D eigenvalue weighted by Gasteiger charge is -2.06. The van der Waals surface area contributed by atoms with Gasteiger partial charge in [-0.15, -0.1) is 0 Å². The van der Waals surface area contributed by atoms with Crippen LogP contribution in [0.1, 0.15) is 0 Å². The molecular formula is C9HF5N4. The monoisotopic (exact) mass is 260 g/mol. The van der Waals surface area contributed by atoms with Gasteiger partial charge in [0.25, 0.3) is 0 Å². The molecule has 0 aliphatic heterocycles. The summed E-state index contributed by atoms with van der Waals surface area (Å²) >= 11 is 0. The summed E-state index contributed by atoms with van der Waals surface area (Å²) < 4.78 is 64.1. The number of hydrogen-bond donors (Lipinski definition) is 1. The quantitative estimate of drug-likeness (QED) is 0.291. The Labute approximate surface area is 96.6 Å². The van der Waals surface area contributed by atoms with E-state index in [0.717, 1.165) is 0 Å². The van der Waals surface area contributed by atoms with E-state index in [1.54, 1.807) is 0 Å². The minimum Gasteiger partial charge on any atom is -0.270 e. The van der Waals surface area contributed by atoms with Crippen LogP contribution in [0.4, 0.5) is 27.6 Å². The average molecular weight is 260 g/mol. The predicted molar refractivity (Wildman–Crippen MR) is 48.5 cm³/mol. The number of hydrogen-bond acceptors (Lipinski definition) is 4. The summed E-state index contributed by atoms with van der Waals surface area (Å²) in [5.74, 6) is -10.9. The fraction of sp³-hybridized carbons (Fsp3) is 0. The number of nitrogens with zero attached hydrogens (tertiary/aromatic N) is 3. The zero-order valence-corrected chi connectivity index (χ0v) is 8.23. The number of benzene rings is 1. The third kappa shape index (κ3) is 2.20. The van der Waals surface area contributed by atoms with Crippen molar-refractivity contribution >= 4 is 11.4 Å². The van der Waals surface area contributed by atoms with Gasteiger partial charge >= 0.3 is 0 Å². The highest BCUT2D eigenvalue weighted by molar-refractivity contribution is 6.10. The Balaban J connectivity index is 3.33. The molecule has 92 valence electrons. The molecule has 0 unspecified atom stereocenters. The Morgan fingerprint density at radius 1 is 0.833 bits per heavy atom. The van der Waals surface area contributed by atoms with Crippen LogP contribution in [0.3, 0.4) is 0 Å². The summed E-state index contributed by atoms with van der Waals surface area (Å²) in [6.45, 7) is 0. The zero-order valence-electron chi connectivity index (χ0n) is 8.23. The normalized spacial score (nSPS) is 9.28. The maximum Gasteiger partial charge on any atom is 0.237 e. The van der Waals surface area contributed by atoms with Crippen molar-refractivity contribution in [1.82, 2.24) is 0 Å². The van der Waals surface area contributed by atoms with Crippen LogP contribution in [-0.4, -0.2) is 5.71 Å². The smallest absolute Gasteiger partial charge is 0.237 e. The SMILES string of the molecule is N#CC(C#N)=NNc1c(F)c(F)c(F)c(F)c1F. The molecule has 0 atom stereocenters. The van der Waals surface area contributed by atoms with E-state index in [-0.39, 0.29) is 0 Å². The maximum absolute atomic E-state index is 13.0. The molecule has 9 heteroatoms. The van der Waals surface area contributed by atoms with E-state index in [1.165, 1.54) is 17.6 Å². The molecule has 0 radical (unpaired) electrons. The van der Waals surface area contributed by atoms with E-state index in [2.05, 4.69) is 5.10 Å². The molecule has 1 aromatic rings. The largest absolute Gasteiger partial charge is 0.270 e. The number of halogens is 5. The summed E-state index contributed by atoms with van der Waals surface area (Å²) in [5.41, 5.74) is -0.859. The highest BCUT2D eigenvalue weighted by Crippen LogP contribution is 2.26. The summed E-state index contributed by atoms with van der Waals surface area (Å²) in [6.07, 6.45) is 0. The highest BCUT2D eigenvalue weighted by Gasteiger charge is 2.25. The first kappa shape index (κ1) is 13.4. The lowest BCUT2D eigenvalue weighted by molar-refractivity contribution is 0.381. The molecule has 0 spiro atoms. The molecule has 0 aliphatic carbocycles. The van der Waals surface area contributed by atoms with Crippen molar-refractivity contribution in [3.05, 3.63) is 29.1 Å². The van der Waals surface area contributed by atoms with Crippen molar-refractivity contribution in [3.63, 3.8) is 0 Å². The van der Waals surface area contributed by atoms with Gasteiger partial charge in [0.15, 0.2) is 23.3 Å². The zero-order chi connectivity index (χ0) is 13.9. The first-order chi connectivity index (χ1) is 8.43. The van der Waals surface area contributed by atoms with Crippen LogP contribution in [0.15, 0.2) is 5.10 Å². The Bertz CT molecular complexity index is 566.